The van der Waals surface area contributed by atoms with E-state index in [4.69, 9.17) is 9.97 Å². The summed E-state index contributed by atoms with van der Waals surface area (Å²) in [4.78, 5) is 21.0. The molecule has 0 amide bonds. The number of pyridine rings is 1. The van der Waals surface area contributed by atoms with Gasteiger partial charge in [0, 0.05) is 38.4 Å². The summed E-state index contributed by atoms with van der Waals surface area (Å²) in [5.74, 6) is 1.05. The lowest BCUT2D eigenvalue weighted by molar-refractivity contribution is 0.122. The summed E-state index contributed by atoms with van der Waals surface area (Å²) >= 11 is 0. The minimum atomic E-state index is 0.357. The van der Waals surface area contributed by atoms with E-state index >= 15 is 0 Å². The predicted molar refractivity (Wildman–Crippen MR) is 126 cm³/mol. The van der Waals surface area contributed by atoms with E-state index < -0.39 is 0 Å². The maximum absolute atomic E-state index is 5.11. The lowest BCUT2D eigenvalue weighted by Crippen LogP contribution is -2.44. The number of aromatic nitrogens is 3. The zero-order valence-electron chi connectivity index (χ0n) is 19.0. The Morgan fingerprint density at radius 1 is 1.13 bits per heavy atom. The number of para-hydroxylation sites is 1. The molecule has 2 aromatic heterocycles. The van der Waals surface area contributed by atoms with Crippen molar-refractivity contribution in [3.8, 4) is 0 Å². The van der Waals surface area contributed by atoms with E-state index in [-0.39, 0.29) is 0 Å². The summed E-state index contributed by atoms with van der Waals surface area (Å²) in [5.41, 5.74) is 6.17. The number of nitrogens with one attached hydrogen (secondary N) is 1. The largest absolute Gasteiger partial charge is 0.367 e. The van der Waals surface area contributed by atoms with Gasteiger partial charge in [0.1, 0.15) is 11.3 Å². The lowest BCUT2D eigenvalue weighted by atomic mass is 9.90. The van der Waals surface area contributed by atoms with Crippen molar-refractivity contribution in [2.75, 3.05) is 38.1 Å². The minimum absolute atomic E-state index is 0.357. The molecule has 3 aromatic rings. The van der Waals surface area contributed by atoms with Crippen LogP contribution < -0.4 is 4.90 Å². The molecular formula is C25H34N6. The van der Waals surface area contributed by atoms with E-state index in [9.17, 15) is 0 Å². The number of imidazole rings is 1. The Hall–Kier alpha value is -2.44. The Balaban J connectivity index is 1.43. The molecule has 1 N–H and O–H groups in total. The number of likely N-dealkylation sites (N-methyl/N-ethyl adjacent to an activating group) is 1. The van der Waals surface area contributed by atoms with Gasteiger partial charge in [0.25, 0.3) is 0 Å². The lowest BCUT2D eigenvalue weighted by Gasteiger charge is -2.37. The summed E-state index contributed by atoms with van der Waals surface area (Å²) in [6.45, 7) is 9.70. The molecule has 3 heterocycles. The van der Waals surface area contributed by atoms with Crippen LogP contribution in [0.2, 0.25) is 0 Å². The van der Waals surface area contributed by atoms with E-state index in [1.54, 1.807) is 0 Å². The van der Waals surface area contributed by atoms with E-state index in [1.165, 1.54) is 23.4 Å². The average Bonchev–Trinajstić information content (AvgIpc) is 3.20. The van der Waals surface area contributed by atoms with Gasteiger partial charge < -0.3 is 14.8 Å². The number of hydrogen-bond donors (Lipinski definition) is 1. The zero-order chi connectivity index (χ0) is 21.4. The number of nitrogens with zero attached hydrogens (tertiary/aromatic N) is 5. The summed E-state index contributed by atoms with van der Waals surface area (Å²) in [6, 6.07) is 11.6. The molecule has 0 unspecified atom stereocenters. The van der Waals surface area contributed by atoms with Crippen LogP contribution in [0.4, 0.5) is 5.69 Å². The van der Waals surface area contributed by atoms with Crippen LogP contribution in [-0.2, 0) is 13.0 Å². The molecule has 0 radical (unpaired) electrons. The standard InChI is InChI=1S/C25H34N6/c1-18(2)31(22-11-4-7-19-8-6-12-26-24(19)22)17-23-27-20-9-5-10-21(25(20)28-23)30-15-13-29(3)14-16-30/h5-6,8-10,12,18,22H,4,7,11,13-17H2,1-3H3,(H,27,28)/t22-/m0/s1. The van der Waals surface area contributed by atoms with Crippen LogP contribution in [-0.4, -0.2) is 64.0 Å². The molecule has 5 rings (SSSR count). The van der Waals surface area contributed by atoms with Crippen molar-refractivity contribution in [3.05, 3.63) is 53.6 Å². The summed E-state index contributed by atoms with van der Waals surface area (Å²) in [5, 5.41) is 0. The van der Waals surface area contributed by atoms with Crippen molar-refractivity contribution in [3.63, 3.8) is 0 Å². The number of aromatic amines is 1. The van der Waals surface area contributed by atoms with Gasteiger partial charge in [0.05, 0.1) is 29.5 Å². The first-order valence-electron chi connectivity index (χ1n) is 11.7. The smallest absolute Gasteiger partial charge is 0.121 e. The second kappa shape index (κ2) is 8.60. The van der Waals surface area contributed by atoms with Crippen molar-refractivity contribution in [1.29, 1.82) is 0 Å². The number of aryl methyl sites for hydroxylation is 1. The molecule has 1 aromatic carbocycles. The highest BCUT2D eigenvalue weighted by Crippen LogP contribution is 2.35. The Morgan fingerprint density at radius 3 is 2.77 bits per heavy atom. The third-order valence-electron chi connectivity index (χ3n) is 6.95. The van der Waals surface area contributed by atoms with E-state index in [1.807, 2.05) is 6.20 Å². The van der Waals surface area contributed by atoms with Crippen molar-refractivity contribution in [2.24, 2.45) is 0 Å². The van der Waals surface area contributed by atoms with E-state index in [0.717, 1.165) is 62.4 Å². The van der Waals surface area contributed by atoms with E-state index in [2.05, 4.69) is 70.9 Å². The molecule has 0 spiro atoms. The highest BCUT2D eigenvalue weighted by Gasteiger charge is 2.29. The molecule has 1 atom stereocenters. The molecule has 2 aliphatic rings. The van der Waals surface area contributed by atoms with Gasteiger partial charge in [-0.05, 0) is 63.9 Å². The SMILES string of the molecule is CC(C)N(Cc1nc2c(N3CCN(C)CC3)cccc2[nH]1)[C@H]1CCCc2cccnc21. The fourth-order valence-electron chi connectivity index (χ4n) is 5.18. The van der Waals surface area contributed by atoms with Crippen LogP contribution >= 0.6 is 0 Å². The molecule has 164 valence electrons. The van der Waals surface area contributed by atoms with Crippen LogP contribution in [0.25, 0.3) is 11.0 Å². The normalized spacial score (nSPS) is 20.0. The monoisotopic (exact) mass is 418 g/mol. The first-order valence-corrected chi connectivity index (χ1v) is 11.7. The maximum Gasteiger partial charge on any atom is 0.121 e. The van der Waals surface area contributed by atoms with Crippen molar-refractivity contribution in [2.45, 2.75) is 51.7 Å². The third kappa shape index (κ3) is 4.06. The number of benzene rings is 1. The Labute approximate surface area is 185 Å². The molecule has 1 saturated heterocycles. The second-order valence-corrected chi connectivity index (χ2v) is 9.37. The Kier molecular flexibility index (Phi) is 5.67. The molecule has 1 aliphatic carbocycles. The quantitative estimate of drug-likeness (QED) is 0.679. The van der Waals surface area contributed by atoms with Crippen LogP contribution in [0.5, 0.6) is 0 Å². The predicted octanol–water partition coefficient (Wildman–Crippen LogP) is 4.00. The zero-order valence-corrected chi connectivity index (χ0v) is 19.0. The van der Waals surface area contributed by atoms with Gasteiger partial charge in [-0.25, -0.2) is 4.98 Å². The molecule has 1 aliphatic heterocycles. The second-order valence-electron chi connectivity index (χ2n) is 9.37. The van der Waals surface area contributed by atoms with Crippen LogP contribution in [0.1, 0.15) is 49.8 Å². The molecule has 0 saturated carbocycles. The van der Waals surface area contributed by atoms with Gasteiger partial charge in [-0.2, -0.15) is 0 Å². The number of hydrogen-bond acceptors (Lipinski definition) is 5. The van der Waals surface area contributed by atoms with Crippen LogP contribution in [0, 0.1) is 0 Å². The molecule has 0 bridgehead atoms. The average molecular weight is 419 g/mol. The van der Waals surface area contributed by atoms with Gasteiger partial charge in [-0.1, -0.05) is 12.1 Å². The fourth-order valence-corrected chi connectivity index (χ4v) is 5.18. The van der Waals surface area contributed by atoms with Crippen molar-refractivity contribution < 1.29 is 0 Å². The van der Waals surface area contributed by atoms with Gasteiger partial charge >= 0.3 is 0 Å². The first kappa shape index (κ1) is 20.5. The van der Waals surface area contributed by atoms with Gasteiger partial charge in [-0.3, -0.25) is 9.88 Å². The Bertz CT molecular complexity index is 1030. The topological polar surface area (TPSA) is 51.3 Å². The molecule has 6 heteroatoms. The van der Waals surface area contributed by atoms with Gasteiger partial charge in [0.2, 0.25) is 0 Å². The molecular weight excluding hydrogens is 384 g/mol. The number of anilines is 1. The molecule has 1 fully saturated rings. The summed E-state index contributed by atoms with van der Waals surface area (Å²) < 4.78 is 0. The van der Waals surface area contributed by atoms with Crippen molar-refractivity contribution in [1.82, 2.24) is 24.8 Å². The summed E-state index contributed by atoms with van der Waals surface area (Å²) in [7, 11) is 2.20. The highest BCUT2D eigenvalue weighted by atomic mass is 15.3. The number of H-pyrrole nitrogens is 1. The number of rotatable bonds is 5. The third-order valence-corrected chi connectivity index (χ3v) is 6.95. The maximum atomic E-state index is 5.11. The van der Waals surface area contributed by atoms with Gasteiger partial charge in [-0.15, -0.1) is 0 Å². The highest BCUT2D eigenvalue weighted by molar-refractivity contribution is 5.89. The first-order chi connectivity index (χ1) is 15.1. The fraction of sp³-hybridized carbons (Fsp3) is 0.520. The molecule has 6 nitrogen and oxygen atoms in total. The number of piperazine rings is 1. The Morgan fingerprint density at radius 2 is 1.97 bits per heavy atom. The van der Waals surface area contributed by atoms with Crippen LogP contribution in [0.15, 0.2) is 36.5 Å². The van der Waals surface area contributed by atoms with Crippen molar-refractivity contribution >= 4 is 16.7 Å². The van der Waals surface area contributed by atoms with Gasteiger partial charge in [0.15, 0.2) is 0 Å². The van der Waals surface area contributed by atoms with Crippen LogP contribution in [0.3, 0.4) is 0 Å². The number of fused-ring (bicyclic) bond motifs is 2. The van der Waals surface area contributed by atoms with E-state index in [0.29, 0.717) is 12.1 Å². The summed E-state index contributed by atoms with van der Waals surface area (Å²) in [6.07, 6.45) is 5.47. The molecule has 31 heavy (non-hydrogen) atoms. The minimum Gasteiger partial charge on any atom is -0.367 e.